The van der Waals surface area contributed by atoms with Crippen LogP contribution in [-0.4, -0.2) is 38.8 Å². The van der Waals surface area contributed by atoms with Gasteiger partial charge in [-0.3, -0.25) is 0 Å². The molecule has 1 aliphatic heterocycles. The van der Waals surface area contributed by atoms with Crippen molar-refractivity contribution in [1.82, 2.24) is 19.7 Å². The Kier molecular flexibility index (Phi) is 2.11. The van der Waals surface area contributed by atoms with Gasteiger partial charge in [0.25, 0.3) is 0 Å². The van der Waals surface area contributed by atoms with E-state index in [9.17, 15) is 4.79 Å². The van der Waals surface area contributed by atoms with Crippen molar-refractivity contribution in [3.63, 3.8) is 0 Å². The molecule has 0 saturated carbocycles. The number of rotatable bonds is 0. The number of amides is 2. The third-order valence-electron chi connectivity index (χ3n) is 2.52. The van der Waals surface area contributed by atoms with Gasteiger partial charge < -0.3 is 15.2 Å². The Morgan fingerprint density at radius 3 is 2.86 bits per heavy atom. The molecule has 0 unspecified atom stereocenters. The van der Waals surface area contributed by atoms with E-state index in [0.29, 0.717) is 13.1 Å². The van der Waals surface area contributed by atoms with Crippen molar-refractivity contribution >= 4 is 6.03 Å². The molecule has 0 fully saturated rings. The second-order valence-corrected chi connectivity index (χ2v) is 3.39. The highest BCUT2D eigenvalue weighted by atomic mass is 16.2. The summed E-state index contributed by atoms with van der Waals surface area (Å²) in [7, 11) is 0. The minimum absolute atomic E-state index is 0.360. The van der Waals surface area contributed by atoms with E-state index >= 15 is 0 Å². The van der Waals surface area contributed by atoms with E-state index < -0.39 is 0 Å². The highest BCUT2D eigenvalue weighted by molar-refractivity contribution is 5.71. The van der Waals surface area contributed by atoms with Gasteiger partial charge in [-0.15, -0.1) is 10.2 Å². The van der Waals surface area contributed by atoms with Crippen LogP contribution >= 0.6 is 0 Å². The number of carbonyl (C=O) groups excluding carboxylic acids is 1. The van der Waals surface area contributed by atoms with E-state index in [-0.39, 0.29) is 6.03 Å². The van der Waals surface area contributed by atoms with Crippen LogP contribution in [0.5, 0.6) is 0 Å². The fraction of sp³-hybridized carbons (Fsp3) is 0.625. The van der Waals surface area contributed by atoms with Gasteiger partial charge in [0.2, 0.25) is 0 Å². The van der Waals surface area contributed by atoms with Crippen molar-refractivity contribution in [2.24, 2.45) is 5.73 Å². The molecule has 0 aromatic carbocycles. The number of aryl methyl sites for hydroxylation is 1. The second kappa shape index (κ2) is 3.28. The van der Waals surface area contributed by atoms with E-state index in [1.165, 1.54) is 0 Å². The van der Waals surface area contributed by atoms with Gasteiger partial charge in [0.1, 0.15) is 11.6 Å². The fourth-order valence-corrected chi connectivity index (χ4v) is 1.69. The lowest BCUT2D eigenvalue weighted by atomic mass is 10.4. The Morgan fingerprint density at radius 1 is 1.36 bits per heavy atom. The molecule has 6 heteroatoms. The Bertz CT molecular complexity index is 359. The molecule has 0 radical (unpaired) electrons. The van der Waals surface area contributed by atoms with Gasteiger partial charge in [0.05, 0.1) is 0 Å². The van der Waals surface area contributed by atoms with Crippen LogP contribution in [0.2, 0.25) is 0 Å². The topological polar surface area (TPSA) is 77.0 Å². The number of nitrogens with two attached hydrogens (primary N) is 1. The summed E-state index contributed by atoms with van der Waals surface area (Å²) in [6.07, 6.45) is 0.726. The number of aromatic nitrogens is 3. The monoisotopic (exact) mass is 195 g/mol. The number of fused-ring (bicyclic) bond motifs is 1. The average Bonchev–Trinajstić information content (AvgIpc) is 2.38. The van der Waals surface area contributed by atoms with Crippen LogP contribution < -0.4 is 5.73 Å². The summed E-state index contributed by atoms with van der Waals surface area (Å²) in [5.74, 6) is 1.83. The van der Waals surface area contributed by atoms with Gasteiger partial charge in [-0.2, -0.15) is 0 Å². The SMILES string of the molecule is Cc1nnc2n1CCN(C(N)=O)CC2. The largest absolute Gasteiger partial charge is 0.351 e. The smallest absolute Gasteiger partial charge is 0.314 e. The zero-order chi connectivity index (χ0) is 10.1. The third kappa shape index (κ3) is 1.43. The maximum absolute atomic E-state index is 11.0. The lowest BCUT2D eigenvalue weighted by molar-refractivity contribution is 0.208. The van der Waals surface area contributed by atoms with Crippen molar-refractivity contribution in [3.05, 3.63) is 11.6 Å². The third-order valence-corrected chi connectivity index (χ3v) is 2.52. The molecule has 2 heterocycles. The number of hydrogen-bond donors (Lipinski definition) is 1. The summed E-state index contributed by atoms with van der Waals surface area (Å²) in [6, 6.07) is -0.360. The number of hydrogen-bond acceptors (Lipinski definition) is 3. The molecule has 0 atom stereocenters. The molecule has 1 aromatic rings. The van der Waals surface area contributed by atoms with Gasteiger partial charge in [-0.05, 0) is 6.92 Å². The van der Waals surface area contributed by atoms with E-state index in [2.05, 4.69) is 10.2 Å². The molecule has 0 saturated heterocycles. The zero-order valence-corrected chi connectivity index (χ0v) is 8.10. The Hall–Kier alpha value is -1.59. The van der Waals surface area contributed by atoms with E-state index in [1.54, 1.807) is 4.90 Å². The van der Waals surface area contributed by atoms with E-state index in [1.807, 2.05) is 11.5 Å². The highest BCUT2D eigenvalue weighted by Gasteiger charge is 2.18. The van der Waals surface area contributed by atoms with Crippen LogP contribution in [0, 0.1) is 6.92 Å². The lowest BCUT2D eigenvalue weighted by Crippen LogP contribution is -2.37. The number of primary amides is 1. The molecule has 6 nitrogen and oxygen atoms in total. The van der Waals surface area contributed by atoms with Crippen molar-refractivity contribution < 1.29 is 4.79 Å². The predicted octanol–water partition coefficient (Wildman–Crippen LogP) is -0.477. The maximum atomic E-state index is 11.0. The zero-order valence-electron chi connectivity index (χ0n) is 8.10. The predicted molar refractivity (Wildman–Crippen MR) is 49.6 cm³/mol. The molecule has 0 aliphatic carbocycles. The van der Waals surface area contributed by atoms with Gasteiger partial charge in [-0.1, -0.05) is 0 Å². The highest BCUT2D eigenvalue weighted by Crippen LogP contribution is 2.08. The van der Waals surface area contributed by atoms with Crippen LogP contribution in [0.3, 0.4) is 0 Å². The number of urea groups is 1. The van der Waals surface area contributed by atoms with E-state index in [4.69, 9.17) is 5.73 Å². The molecule has 76 valence electrons. The first-order valence-corrected chi connectivity index (χ1v) is 4.61. The molecule has 14 heavy (non-hydrogen) atoms. The van der Waals surface area contributed by atoms with Crippen molar-refractivity contribution in [1.29, 1.82) is 0 Å². The summed E-state index contributed by atoms with van der Waals surface area (Å²) in [4.78, 5) is 12.6. The first-order valence-electron chi connectivity index (χ1n) is 4.61. The molecule has 1 aliphatic rings. The van der Waals surface area contributed by atoms with Crippen molar-refractivity contribution in [2.75, 3.05) is 13.1 Å². The summed E-state index contributed by atoms with van der Waals surface area (Å²) in [5.41, 5.74) is 5.22. The quantitative estimate of drug-likeness (QED) is 0.607. The first kappa shape index (κ1) is 8.98. The minimum atomic E-state index is -0.360. The normalized spacial score (nSPS) is 16.2. The first-order chi connectivity index (χ1) is 6.68. The van der Waals surface area contributed by atoms with Gasteiger partial charge in [0, 0.05) is 26.1 Å². The number of nitrogens with zero attached hydrogens (tertiary/aromatic N) is 4. The Morgan fingerprint density at radius 2 is 2.14 bits per heavy atom. The van der Waals surface area contributed by atoms with Crippen LogP contribution in [0.15, 0.2) is 0 Å². The maximum Gasteiger partial charge on any atom is 0.314 e. The molecule has 2 rings (SSSR count). The fourth-order valence-electron chi connectivity index (χ4n) is 1.69. The molecular formula is C8H13N5O. The van der Waals surface area contributed by atoms with Gasteiger partial charge >= 0.3 is 6.03 Å². The molecule has 0 spiro atoms. The summed E-state index contributed by atoms with van der Waals surface area (Å²) < 4.78 is 2.03. The minimum Gasteiger partial charge on any atom is -0.351 e. The molecule has 1 aromatic heterocycles. The summed E-state index contributed by atoms with van der Waals surface area (Å²) in [5, 5.41) is 8.03. The van der Waals surface area contributed by atoms with Crippen molar-refractivity contribution in [2.45, 2.75) is 19.9 Å². The van der Waals surface area contributed by atoms with Crippen LogP contribution in [-0.2, 0) is 13.0 Å². The molecular weight excluding hydrogens is 182 g/mol. The summed E-state index contributed by atoms with van der Waals surface area (Å²) >= 11 is 0. The molecule has 2 amide bonds. The second-order valence-electron chi connectivity index (χ2n) is 3.39. The molecule has 0 bridgehead atoms. The Labute approximate surface area is 81.7 Å². The summed E-state index contributed by atoms with van der Waals surface area (Å²) in [6.45, 7) is 3.92. The van der Waals surface area contributed by atoms with Crippen molar-refractivity contribution in [3.8, 4) is 0 Å². The standard InChI is InChI=1S/C8H13N5O/c1-6-10-11-7-2-3-12(8(9)14)4-5-13(6)7/h2-5H2,1H3,(H2,9,14). The van der Waals surface area contributed by atoms with Crippen LogP contribution in [0.25, 0.3) is 0 Å². The lowest BCUT2D eigenvalue weighted by Gasteiger charge is -2.16. The van der Waals surface area contributed by atoms with Crippen LogP contribution in [0.4, 0.5) is 4.79 Å². The van der Waals surface area contributed by atoms with Gasteiger partial charge in [0.15, 0.2) is 0 Å². The van der Waals surface area contributed by atoms with Crippen LogP contribution in [0.1, 0.15) is 11.6 Å². The van der Waals surface area contributed by atoms with E-state index in [0.717, 1.165) is 24.6 Å². The number of carbonyl (C=O) groups is 1. The van der Waals surface area contributed by atoms with Gasteiger partial charge in [-0.25, -0.2) is 4.79 Å². The average molecular weight is 195 g/mol. The Balaban J connectivity index is 2.18. The molecule has 2 N–H and O–H groups in total.